The van der Waals surface area contributed by atoms with Gasteiger partial charge in [-0.05, 0) is 48.5 Å². The molecule has 5 heteroatoms. The fraction of sp³-hybridized carbons (Fsp3) is 0. The highest BCUT2D eigenvalue weighted by molar-refractivity contribution is 9.10. The van der Waals surface area contributed by atoms with Gasteiger partial charge in [-0.15, -0.1) is 0 Å². The van der Waals surface area contributed by atoms with Crippen LogP contribution in [0.5, 0.6) is 0 Å². The summed E-state index contributed by atoms with van der Waals surface area (Å²) in [6.07, 6.45) is 0. The molecule has 5 aromatic rings. The molecule has 0 saturated heterocycles. The van der Waals surface area contributed by atoms with Crippen LogP contribution in [0.4, 0.5) is 5.69 Å². The van der Waals surface area contributed by atoms with Crippen molar-refractivity contribution in [1.82, 2.24) is 9.97 Å². The van der Waals surface area contributed by atoms with Crippen molar-refractivity contribution in [2.45, 2.75) is 0 Å². The van der Waals surface area contributed by atoms with Crippen molar-refractivity contribution in [3.8, 4) is 22.5 Å². The summed E-state index contributed by atoms with van der Waals surface area (Å²) in [6, 6.07) is 32.8. The van der Waals surface area contributed by atoms with Gasteiger partial charge in [-0.25, -0.2) is 9.97 Å². The van der Waals surface area contributed by atoms with Gasteiger partial charge in [0.2, 0.25) is 0 Å². The Morgan fingerprint density at radius 3 is 1.75 bits per heavy atom. The molecule has 0 atom stereocenters. The molecule has 0 aliphatic carbocycles. The molecule has 0 unspecified atom stereocenters. The van der Waals surface area contributed by atoms with Gasteiger partial charge in [0.15, 0.2) is 0 Å². The predicted molar refractivity (Wildman–Crippen MR) is 133 cm³/mol. The van der Waals surface area contributed by atoms with E-state index in [0.717, 1.165) is 43.7 Å². The lowest BCUT2D eigenvalue weighted by Crippen LogP contribution is -2.11. The maximum absolute atomic E-state index is 12.7. The number of halogens is 1. The second-order valence-electron chi connectivity index (χ2n) is 7.31. The van der Waals surface area contributed by atoms with E-state index < -0.39 is 0 Å². The first-order valence-electron chi connectivity index (χ1n) is 10.2. The van der Waals surface area contributed by atoms with Crippen molar-refractivity contribution in [2.75, 3.05) is 5.32 Å². The molecule has 154 valence electrons. The van der Waals surface area contributed by atoms with Gasteiger partial charge in [0.05, 0.1) is 22.4 Å². The van der Waals surface area contributed by atoms with Crippen LogP contribution in [0, 0.1) is 0 Å². The quantitative estimate of drug-likeness (QED) is 0.302. The molecule has 0 aliphatic rings. The first kappa shape index (κ1) is 20.1. The zero-order chi connectivity index (χ0) is 21.9. The standard InChI is InChI=1S/C27H18BrN3O/c28-21-14-16-22(17-15-21)29-27(32)20-12-10-19(11-13-20)26-25(18-6-2-1-3-7-18)30-23-8-4-5-9-24(23)31-26/h1-17H,(H,29,32). The molecule has 0 aliphatic heterocycles. The van der Waals surface area contributed by atoms with Crippen LogP contribution >= 0.6 is 15.9 Å². The fourth-order valence-corrected chi connectivity index (χ4v) is 3.78. The number of hydrogen-bond donors (Lipinski definition) is 1. The number of rotatable bonds is 4. The predicted octanol–water partition coefficient (Wildman–Crippen LogP) is 6.98. The highest BCUT2D eigenvalue weighted by atomic mass is 79.9. The minimum atomic E-state index is -0.160. The monoisotopic (exact) mass is 479 g/mol. The van der Waals surface area contributed by atoms with Gasteiger partial charge in [0.25, 0.3) is 5.91 Å². The van der Waals surface area contributed by atoms with Gasteiger partial charge in [0.1, 0.15) is 0 Å². The molecule has 0 radical (unpaired) electrons. The maximum Gasteiger partial charge on any atom is 0.255 e. The SMILES string of the molecule is O=C(Nc1ccc(Br)cc1)c1ccc(-c2nc3ccccc3nc2-c2ccccc2)cc1. The number of nitrogens with one attached hydrogen (secondary N) is 1. The summed E-state index contributed by atoms with van der Waals surface area (Å²) in [4.78, 5) is 22.5. The summed E-state index contributed by atoms with van der Waals surface area (Å²) in [5, 5.41) is 2.92. The van der Waals surface area contributed by atoms with Crippen molar-refractivity contribution in [3.05, 3.63) is 113 Å². The second kappa shape index (κ2) is 8.73. The van der Waals surface area contributed by atoms with Crippen molar-refractivity contribution < 1.29 is 4.79 Å². The summed E-state index contributed by atoms with van der Waals surface area (Å²) in [7, 11) is 0. The number of anilines is 1. The Balaban J connectivity index is 1.51. The highest BCUT2D eigenvalue weighted by Crippen LogP contribution is 2.31. The smallest absolute Gasteiger partial charge is 0.255 e. The number of aromatic nitrogens is 2. The Labute approximate surface area is 194 Å². The Hall–Kier alpha value is -3.83. The lowest BCUT2D eigenvalue weighted by molar-refractivity contribution is 0.102. The third-order valence-electron chi connectivity index (χ3n) is 5.14. The lowest BCUT2D eigenvalue weighted by Gasteiger charge is -2.11. The molecule has 4 aromatic carbocycles. The van der Waals surface area contributed by atoms with E-state index in [2.05, 4.69) is 21.2 Å². The molecule has 0 fully saturated rings. The molecule has 0 bridgehead atoms. The van der Waals surface area contributed by atoms with E-state index in [1.807, 2.05) is 103 Å². The molecule has 32 heavy (non-hydrogen) atoms. The van der Waals surface area contributed by atoms with Gasteiger partial charge in [0, 0.05) is 26.9 Å². The molecular formula is C27H18BrN3O. The van der Waals surface area contributed by atoms with Crippen LogP contribution in [0.15, 0.2) is 108 Å². The molecule has 4 nitrogen and oxygen atoms in total. The highest BCUT2D eigenvalue weighted by Gasteiger charge is 2.14. The summed E-state index contributed by atoms with van der Waals surface area (Å²) in [6.45, 7) is 0. The lowest BCUT2D eigenvalue weighted by atomic mass is 10.0. The fourth-order valence-electron chi connectivity index (χ4n) is 3.51. The van der Waals surface area contributed by atoms with E-state index >= 15 is 0 Å². The summed E-state index contributed by atoms with van der Waals surface area (Å²) >= 11 is 3.40. The van der Waals surface area contributed by atoms with Crippen molar-refractivity contribution in [2.24, 2.45) is 0 Å². The normalized spacial score (nSPS) is 10.8. The third-order valence-corrected chi connectivity index (χ3v) is 5.67. The van der Waals surface area contributed by atoms with E-state index in [-0.39, 0.29) is 5.91 Å². The molecule has 0 spiro atoms. The minimum absolute atomic E-state index is 0.160. The van der Waals surface area contributed by atoms with E-state index in [0.29, 0.717) is 5.56 Å². The molecule has 1 aromatic heterocycles. The average molecular weight is 480 g/mol. The molecule has 1 N–H and O–H groups in total. The third kappa shape index (κ3) is 4.15. The number of amides is 1. The van der Waals surface area contributed by atoms with Crippen LogP contribution in [0.25, 0.3) is 33.5 Å². The largest absolute Gasteiger partial charge is 0.322 e. The minimum Gasteiger partial charge on any atom is -0.322 e. The Bertz CT molecular complexity index is 1400. The summed E-state index contributed by atoms with van der Waals surface area (Å²) < 4.78 is 0.963. The van der Waals surface area contributed by atoms with E-state index in [1.165, 1.54) is 0 Å². The van der Waals surface area contributed by atoms with Crippen LogP contribution in [0.3, 0.4) is 0 Å². The van der Waals surface area contributed by atoms with Gasteiger partial charge in [-0.2, -0.15) is 0 Å². The molecule has 1 heterocycles. The maximum atomic E-state index is 12.7. The number of nitrogens with zero attached hydrogens (tertiary/aromatic N) is 2. The van der Waals surface area contributed by atoms with Crippen molar-refractivity contribution in [3.63, 3.8) is 0 Å². The Morgan fingerprint density at radius 1 is 0.625 bits per heavy atom. The molecule has 1 amide bonds. The van der Waals surface area contributed by atoms with Crippen LogP contribution in [0.2, 0.25) is 0 Å². The van der Waals surface area contributed by atoms with Crippen molar-refractivity contribution >= 4 is 38.6 Å². The Morgan fingerprint density at radius 2 is 1.16 bits per heavy atom. The number of fused-ring (bicyclic) bond motifs is 1. The summed E-state index contributed by atoms with van der Waals surface area (Å²) in [5.74, 6) is -0.160. The number of carbonyl (C=O) groups is 1. The van der Waals surface area contributed by atoms with Crippen LogP contribution < -0.4 is 5.32 Å². The number of hydrogen-bond acceptors (Lipinski definition) is 3. The van der Waals surface area contributed by atoms with Gasteiger partial charge >= 0.3 is 0 Å². The number of carbonyl (C=O) groups excluding carboxylic acids is 1. The zero-order valence-electron chi connectivity index (χ0n) is 17.0. The number of para-hydroxylation sites is 2. The van der Waals surface area contributed by atoms with E-state index in [1.54, 1.807) is 0 Å². The first-order valence-corrected chi connectivity index (χ1v) is 11.0. The van der Waals surface area contributed by atoms with Gasteiger partial charge < -0.3 is 5.32 Å². The van der Waals surface area contributed by atoms with Crippen LogP contribution in [-0.4, -0.2) is 15.9 Å². The number of benzene rings is 4. The van der Waals surface area contributed by atoms with E-state index in [9.17, 15) is 4.79 Å². The van der Waals surface area contributed by atoms with E-state index in [4.69, 9.17) is 9.97 Å². The van der Waals surface area contributed by atoms with Crippen LogP contribution in [-0.2, 0) is 0 Å². The second-order valence-corrected chi connectivity index (χ2v) is 8.23. The van der Waals surface area contributed by atoms with Crippen molar-refractivity contribution in [1.29, 1.82) is 0 Å². The molecule has 0 saturated carbocycles. The zero-order valence-corrected chi connectivity index (χ0v) is 18.6. The average Bonchev–Trinajstić information content (AvgIpc) is 2.85. The molecular weight excluding hydrogens is 462 g/mol. The van der Waals surface area contributed by atoms with Gasteiger partial charge in [-0.1, -0.05) is 70.5 Å². The first-order chi connectivity index (χ1) is 15.7. The summed E-state index contributed by atoms with van der Waals surface area (Å²) in [5.41, 5.74) is 6.51. The Kier molecular flexibility index (Phi) is 5.48. The topological polar surface area (TPSA) is 54.9 Å². The van der Waals surface area contributed by atoms with Gasteiger partial charge in [-0.3, -0.25) is 4.79 Å². The van der Waals surface area contributed by atoms with Crippen LogP contribution in [0.1, 0.15) is 10.4 Å². The molecule has 5 rings (SSSR count).